The van der Waals surface area contributed by atoms with E-state index >= 15 is 0 Å². The summed E-state index contributed by atoms with van der Waals surface area (Å²) < 4.78 is 19.3. The summed E-state index contributed by atoms with van der Waals surface area (Å²) in [5.74, 6) is 0. The molecule has 7 nitrogen and oxygen atoms in total. The van der Waals surface area contributed by atoms with Crippen molar-refractivity contribution in [3.05, 3.63) is 0 Å². The molecule has 1 saturated heterocycles. The first-order valence-electron chi connectivity index (χ1n) is 5.83. The van der Waals surface area contributed by atoms with Crippen molar-refractivity contribution < 1.29 is 29.2 Å². The highest BCUT2D eigenvalue weighted by Crippen LogP contribution is 2.38. The number of hydrogen-bond acceptors (Lipinski definition) is 6. The van der Waals surface area contributed by atoms with Crippen molar-refractivity contribution in [1.29, 1.82) is 0 Å². The zero-order chi connectivity index (χ0) is 14.2. The number of amides is 1. The first-order chi connectivity index (χ1) is 8.99. The molecule has 3 N–H and O–H groups in total. The van der Waals surface area contributed by atoms with Crippen LogP contribution in [0.15, 0.2) is 4.99 Å². The van der Waals surface area contributed by atoms with Gasteiger partial charge >= 0.3 is 6.09 Å². The summed E-state index contributed by atoms with van der Waals surface area (Å²) in [5.41, 5.74) is -0.723. The molecule has 0 spiro atoms. The SMILES string of the molecule is CCN(C(=O)O)C1=N[C@@H]2[C@@H](F)[C@H](O)[C@@H](CO)O[C@@H]2S1. The Kier molecular flexibility index (Phi) is 4.29. The second kappa shape index (κ2) is 5.61. The van der Waals surface area contributed by atoms with Gasteiger partial charge in [-0.25, -0.2) is 9.18 Å². The van der Waals surface area contributed by atoms with Crippen LogP contribution in [0.1, 0.15) is 6.92 Å². The van der Waals surface area contributed by atoms with Gasteiger partial charge in [-0.05, 0) is 6.92 Å². The topological polar surface area (TPSA) is 103 Å². The molecule has 2 rings (SSSR count). The molecule has 2 heterocycles. The smallest absolute Gasteiger partial charge is 0.413 e. The van der Waals surface area contributed by atoms with Crippen LogP contribution in [0.4, 0.5) is 9.18 Å². The van der Waals surface area contributed by atoms with Crippen LogP contribution in [-0.2, 0) is 4.74 Å². The molecule has 19 heavy (non-hydrogen) atoms. The number of carbonyl (C=O) groups is 1. The largest absolute Gasteiger partial charge is 0.465 e. The Bertz CT molecular complexity index is 396. The van der Waals surface area contributed by atoms with Gasteiger partial charge in [-0.2, -0.15) is 0 Å². The Labute approximate surface area is 113 Å². The predicted molar refractivity (Wildman–Crippen MR) is 65.9 cm³/mol. The number of rotatable bonds is 2. The summed E-state index contributed by atoms with van der Waals surface area (Å²) in [6.45, 7) is 1.32. The van der Waals surface area contributed by atoms with Crippen molar-refractivity contribution >= 4 is 23.0 Å². The molecule has 0 radical (unpaired) electrons. The fourth-order valence-corrected chi connectivity index (χ4v) is 3.29. The van der Waals surface area contributed by atoms with Gasteiger partial charge in [0, 0.05) is 6.54 Å². The summed E-state index contributed by atoms with van der Waals surface area (Å²) in [4.78, 5) is 16.0. The number of ether oxygens (including phenoxy) is 1. The van der Waals surface area contributed by atoms with Gasteiger partial charge in [-0.3, -0.25) is 9.89 Å². The normalized spacial score (nSPS) is 37.7. The highest BCUT2D eigenvalue weighted by atomic mass is 32.2. The van der Waals surface area contributed by atoms with Crippen LogP contribution in [0, 0.1) is 0 Å². The summed E-state index contributed by atoms with van der Waals surface area (Å²) in [7, 11) is 0. The summed E-state index contributed by atoms with van der Waals surface area (Å²) in [6.07, 6.45) is -5.34. The van der Waals surface area contributed by atoms with E-state index in [9.17, 15) is 14.3 Å². The van der Waals surface area contributed by atoms with E-state index in [2.05, 4.69) is 4.99 Å². The molecular weight excluding hydrogens is 279 g/mol. The minimum absolute atomic E-state index is 0.151. The maximum absolute atomic E-state index is 14.0. The molecule has 0 saturated carbocycles. The molecule has 0 aliphatic carbocycles. The molecule has 0 aromatic carbocycles. The van der Waals surface area contributed by atoms with E-state index in [-0.39, 0.29) is 11.7 Å². The van der Waals surface area contributed by atoms with E-state index in [1.807, 2.05) is 0 Å². The minimum Gasteiger partial charge on any atom is -0.465 e. The fourth-order valence-electron chi connectivity index (χ4n) is 2.02. The number of fused-ring (bicyclic) bond motifs is 1. The molecule has 108 valence electrons. The number of aliphatic imine (C=N–C) groups is 1. The first kappa shape index (κ1) is 14.5. The number of hydrogen-bond donors (Lipinski definition) is 3. The van der Waals surface area contributed by atoms with E-state index in [0.717, 1.165) is 16.7 Å². The third-order valence-corrected chi connectivity index (χ3v) is 4.22. The van der Waals surface area contributed by atoms with E-state index in [4.69, 9.17) is 14.9 Å². The average Bonchev–Trinajstić information content (AvgIpc) is 2.78. The molecule has 0 aromatic rings. The molecule has 1 amide bonds. The Morgan fingerprint density at radius 3 is 2.84 bits per heavy atom. The molecule has 1 fully saturated rings. The van der Waals surface area contributed by atoms with E-state index < -0.39 is 42.6 Å². The van der Waals surface area contributed by atoms with Gasteiger partial charge in [0.1, 0.15) is 23.7 Å². The Morgan fingerprint density at radius 1 is 1.63 bits per heavy atom. The Hall–Kier alpha value is -0.900. The van der Waals surface area contributed by atoms with Crippen molar-refractivity contribution in [2.75, 3.05) is 13.2 Å². The molecule has 0 bridgehead atoms. The molecule has 0 unspecified atom stereocenters. The minimum atomic E-state index is -1.69. The van der Waals surface area contributed by atoms with Gasteiger partial charge in [-0.1, -0.05) is 11.8 Å². The maximum Gasteiger partial charge on any atom is 0.413 e. The molecular formula is C10H15FN2O5S. The first-order valence-corrected chi connectivity index (χ1v) is 6.71. The molecule has 5 atom stereocenters. The van der Waals surface area contributed by atoms with Crippen LogP contribution < -0.4 is 0 Å². The standard InChI is InChI=1S/C10H15FN2O5S/c1-2-13(10(16)17)9-12-6-5(11)7(15)4(3-14)18-8(6)19-9/h4-8,14-15H,2-3H2,1H3,(H,16,17)/t4-,5-,6-,7-,8-/m1/s1. The number of aliphatic hydroxyl groups excluding tert-OH is 2. The number of amidine groups is 1. The molecule has 2 aliphatic heterocycles. The zero-order valence-electron chi connectivity index (χ0n) is 10.1. The lowest BCUT2D eigenvalue weighted by Crippen LogP contribution is -2.53. The van der Waals surface area contributed by atoms with E-state index in [1.54, 1.807) is 6.92 Å². The van der Waals surface area contributed by atoms with Crippen molar-refractivity contribution in [2.45, 2.75) is 36.8 Å². The highest BCUT2D eigenvalue weighted by molar-refractivity contribution is 8.14. The van der Waals surface area contributed by atoms with E-state index in [1.165, 1.54) is 0 Å². The average molecular weight is 294 g/mol. The van der Waals surface area contributed by atoms with Crippen LogP contribution in [0.2, 0.25) is 0 Å². The number of alkyl halides is 1. The third-order valence-electron chi connectivity index (χ3n) is 3.06. The molecule has 0 aromatic heterocycles. The van der Waals surface area contributed by atoms with E-state index in [0.29, 0.717) is 0 Å². The Morgan fingerprint density at radius 2 is 2.32 bits per heavy atom. The predicted octanol–water partition coefficient (Wildman–Crippen LogP) is -0.126. The highest BCUT2D eigenvalue weighted by Gasteiger charge is 2.50. The van der Waals surface area contributed by atoms with Crippen LogP contribution >= 0.6 is 11.8 Å². The second-order valence-electron chi connectivity index (χ2n) is 4.21. The number of carboxylic acid groups (broad SMARTS) is 1. The number of aliphatic hydroxyl groups is 2. The van der Waals surface area contributed by atoms with Gasteiger partial charge in [0.2, 0.25) is 0 Å². The van der Waals surface area contributed by atoms with Gasteiger partial charge in [0.15, 0.2) is 11.3 Å². The molecule has 2 aliphatic rings. The summed E-state index contributed by atoms with van der Waals surface area (Å²) in [6, 6.07) is -0.953. The second-order valence-corrected chi connectivity index (χ2v) is 5.27. The lowest BCUT2D eigenvalue weighted by molar-refractivity contribution is -0.144. The van der Waals surface area contributed by atoms with Crippen molar-refractivity contribution in [3.63, 3.8) is 0 Å². The monoisotopic (exact) mass is 294 g/mol. The lowest BCUT2D eigenvalue weighted by atomic mass is 10.0. The third kappa shape index (κ3) is 2.55. The van der Waals surface area contributed by atoms with Crippen molar-refractivity contribution in [2.24, 2.45) is 4.99 Å². The van der Waals surface area contributed by atoms with Crippen LogP contribution in [0.3, 0.4) is 0 Å². The summed E-state index contributed by atoms with van der Waals surface area (Å²) >= 11 is 0.991. The Balaban J connectivity index is 2.17. The van der Waals surface area contributed by atoms with Crippen LogP contribution in [-0.4, -0.2) is 74.5 Å². The summed E-state index contributed by atoms with van der Waals surface area (Å²) in [5, 5.41) is 27.8. The lowest BCUT2D eigenvalue weighted by Gasteiger charge is -2.36. The zero-order valence-corrected chi connectivity index (χ0v) is 11.0. The van der Waals surface area contributed by atoms with Crippen molar-refractivity contribution in [3.8, 4) is 0 Å². The number of halogens is 1. The quantitative estimate of drug-likeness (QED) is 0.656. The maximum atomic E-state index is 14.0. The van der Waals surface area contributed by atoms with Crippen molar-refractivity contribution in [1.82, 2.24) is 4.90 Å². The van der Waals surface area contributed by atoms with Gasteiger partial charge in [-0.15, -0.1) is 0 Å². The van der Waals surface area contributed by atoms with Gasteiger partial charge in [0.05, 0.1) is 6.61 Å². The molecule has 9 heteroatoms. The van der Waals surface area contributed by atoms with Gasteiger partial charge < -0.3 is 20.1 Å². The van der Waals surface area contributed by atoms with Crippen LogP contribution in [0.25, 0.3) is 0 Å². The van der Waals surface area contributed by atoms with Crippen LogP contribution in [0.5, 0.6) is 0 Å². The number of nitrogens with zero attached hydrogens (tertiary/aromatic N) is 2. The number of thioether (sulfide) groups is 1. The fraction of sp³-hybridized carbons (Fsp3) is 0.800. The van der Waals surface area contributed by atoms with Gasteiger partial charge in [0.25, 0.3) is 0 Å².